The van der Waals surface area contributed by atoms with Gasteiger partial charge < -0.3 is 18.9 Å². The molecule has 1 aromatic carbocycles. The quantitative estimate of drug-likeness (QED) is 0.860. The highest BCUT2D eigenvalue weighted by Gasteiger charge is 2.34. The van der Waals surface area contributed by atoms with Gasteiger partial charge in [-0.05, 0) is 12.8 Å². The van der Waals surface area contributed by atoms with E-state index in [0.717, 1.165) is 30.6 Å². The van der Waals surface area contributed by atoms with Crippen molar-refractivity contribution in [2.24, 2.45) is 13.0 Å². The molecule has 4 rings (SSSR count). The molecule has 2 aliphatic heterocycles. The second-order valence-corrected chi connectivity index (χ2v) is 6.69. The van der Waals surface area contributed by atoms with Crippen LogP contribution in [0.5, 0.6) is 0 Å². The number of hydrogen-bond acceptors (Lipinski definition) is 4. The summed E-state index contributed by atoms with van der Waals surface area (Å²) in [5.41, 5.74) is 1.84. The third-order valence-electron chi connectivity index (χ3n) is 4.91. The van der Waals surface area contributed by atoms with Crippen LogP contribution in [0, 0.1) is 5.92 Å². The van der Waals surface area contributed by atoms with Crippen LogP contribution < -0.4 is 0 Å². The van der Waals surface area contributed by atoms with Crippen molar-refractivity contribution in [2.75, 3.05) is 26.3 Å². The fourth-order valence-corrected chi connectivity index (χ4v) is 3.62. The number of likely N-dealkylation sites (tertiary alicyclic amines) is 1. The fraction of sp³-hybridized carbons (Fsp3) is 0.474. The molecule has 0 saturated carbocycles. The van der Waals surface area contributed by atoms with Crippen LogP contribution in [0.4, 0.5) is 0 Å². The van der Waals surface area contributed by atoms with Crippen LogP contribution in [0.3, 0.4) is 0 Å². The predicted octanol–water partition coefficient (Wildman–Crippen LogP) is 2.31. The highest BCUT2D eigenvalue weighted by atomic mass is 16.7. The van der Waals surface area contributed by atoms with Gasteiger partial charge in [-0.1, -0.05) is 30.3 Å². The molecule has 132 valence electrons. The molecule has 2 fully saturated rings. The molecular weight excluding hydrogens is 318 g/mol. The van der Waals surface area contributed by atoms with Gasteiger partial charge in [0.2, 0.25) is 0 Å². The van der Waals surface area contributed by atoms with E-state index >= 15 is 0 Å². The van der Waals surface area contributed by atoms with Crippen LogP contribution in [-0.4, -0.2) is 53.0 Å². The van der Waals surface area contributed by atoms with E-state index in [-0.39, 0.29) is 18.1 Å². The Kier molecular flexibility index (Phi) is 4.55. The number of aryl methyl sites for hydroxylation is 1. The van der Waals surface area contributed by atoms with Crippen LogP contribution in [0.1, 0.15) is 23.5 Å². The Morgan fingerprint density at radius 1 is 1.20 bits per heavy atom. The summed E-state index contributed by atoms with van der Waals surface area (Å²) < 4.78 is 13.1. The van der Waals surface area contributed by atoms with Crippen molar-refractivity contribution in [3.63, 3.8) is 0 Å². The summed E-state index contributed by atoms with van der Waals surface area (Å²) in [6.07, 6.45) is 3.74. The first kappa shape index (κ1) is 16.3. The van der Waals surface area contributed by atoms with Crippen molar-refractivity contribution in [1.29, 1.82) is 0 Å². The zero-order valence-electron chi connectivity index (χ0n) is 14.4. The Labute approximate surface area is 147 Å². The molecule has 25 heavy (non-hydrogen) atoms. The number of aromatic nitrogens is 2. The third-order valence-corrected chi connectivity index (χ3v) is 4.91. The number of rotatable bonds is 3. The first-order valence-corrected chi connectivity index (χ1v) is 8.83. The molecule has 2 aromatic rings. The molecule has 1 unspecified atom stereocenters. The highest BCUT2D eigenvalue weighted by Crippen LogP contribution is 2.26. The summed E-state index contributed by atoms with van der Waals surface area (Å²) in [5, 5.41) is 0. The van der Waals surface area contributed by atoms with Gasteiger partial charge in [-0.2, -0.15) is 0 Å². The van der Waals surface area contributed by atoms with E-state index in [0.29, 0.717) is 25.6 Å². The van der Waals surface area contributed by atoms with Crippen molar-refractivity contribution in [2.45, 2.75) is 19.1 Å². The van der Waals surface area contributed by atoms with Gasteiger partial charge in [0.25, 0.3) is 5.91 Å². The monoisotopic (exact) mass is 341 g/mol. The molecule has 6 nitrogen and oxygen atoms in total. The van der Waals surface area contributed by atoms with Gasteiger partial charge in [0, 0.05) is 37.8 Å². The molecule has 1 atom stereocenters. The Morgan fingerprint density at radius 2 is 1.96 bits per heavy atom. The van der Waals surface area contributed by atoms with Gasteiger partial charge in [0.05, 0.1) is 18.9 Å². The van der Waals surface area contributed by atoms with E-state index in [9.17, 15) is 4.79 Å². The second-order valence-electron chi connectivity index (χ2n) is 6.69. The number of benzene rings is 1. The Morgan fingerprint density at radius 3 is 2.72 bits per heavy atom. The molecular formula is C19H23N3O3. The van der Waals surface area contributed by atoms with Gasteiger partial charge in [-0.3, -0.25) is 4.79 Å². The number of amides is 1. The molecule has 0 bridgehead atoms. The van der Waals surface area contributed by atoms with Crippen LogP contribution in [0.2, 0.25) is 0 Å². The minimum atomic E-state index is -0.170. The molecule has 0 aliphatic carbocycles. The maximum atomic E-state index is 13.0. The Hall–Kier alpha value is -2.18. The molecule has 1 aromatic heterocycles. The minimum absolute atomic E-state index is 0.0209. The van der Waals surface area contributed by atoms with Gasteiger partial charge in [0.1, 0.15) is 0 Å². The zero-order chi connectivity index (χ0) is 17.2. The van der Waals surface area contributed by atoms with Crippen molar-refractivity contribution < 1.29 is 14.3 Å². The first-order chi connectivity index (χ1) is 12.2. The molecule has 1 amide bonds. The topological polar surface area (TPSA) is 56.6 Å². The lowest BCUT2D eigenvalue weighted by Gasteiger charge is -2.34. The van der Waals surface area contributed by atoms with Crippen LogP contribution in [-0.2, 0) is 16.5 Å². The van der Waals surface area contributed by atoms with E-state index < -0.39 is 0 Å². The third kappa shape index (κ3) is 3.32. The number of hydrogen-bond donors (Lipinski definition) is 0. The fourth-order valence-electron chi connectivity index (χ4n) is 3.62. The number of imidazole rings is 1. The number of ether oxygens (including phenoxy) is 2. The number of nitrogens with zero attached hydrogens (tertiary/aromatic N) is 3. The van der Waals surface area contributed by atoms with E-state index in [2.05, 4.69) is 4.98 Å². The number of carbonyl (C=O) groups excluding carboxylic acids is 1. The average molecular weight is 341 g/mol. The van der Waals surface area contributed by atoms with Crippen LogP contribution >= 0.6 is 0 Å². The Bertz CT molecular complexity index is 738. The van der Waals surface area contributed by atoms with Crippen LogP contribution in [0.15, 0.2) is 36.5 Å². The predicted molar refractivity (Wildman–Crippen MR) is 93.0 cm³/mol. The van der Waals surface area contributed by atoms with Crippen molar-refractivity contribution in [3.8, 4) is 11.3 Å². The molecule has 2 saturated heterocycles. The van der Waals surface area contributed by atoms with Gasteiger partial charge in [-0.15, -0.1) is 0 Å². The summed E-state index contributed by atoms with van der Waals surface area (Å²) in [6.45, 7) is 2.72. The van der Waals surface area contributed by atoms with E-state index in [1.165, 1.54) is 0 Å². The molecule has 6 heteroatoms. The second kappa shape index (κ2) is 6.98. The maximum absolute atomic E-state index is 13.0. The van der Waals surface area contributed by atoms with Crippen molar-refractivity contribution in [1.82, 2.24) is 14.5 Å². The molecule has 0 radical (unpaired) electrons. The summed E-state index contributed by atoms with van der Waals surface area (Å²) >= 11 is 0. The average Bonchev–Trinajstić information content (AvgIpc) is 3.32. The molecule has 2 aliphatic rings. The molecule has 0 N–H and O–H groups in total. The first-order valence-electron chi connectivity index (χ1n) is 8.83. The van der Waals surface area contributed by atoms with Crippen molar-refractivity contribution >= 4 is 5.91 Å². The lowest BCUT2D eigenvalue weighted by Crippen LogP contribution is -2.44. The smallest absolute Gasteiger partial charge is 0.289 e. The zero-order valence-corrected chi connectivity index (χ0v) is 14.4. The summed E-state index contributed by atoms with van der Waals surface area (Å²) in [6, 6.07) is 9.93. The maximum Gasteiger partial charge on any atom is 0.289 e. The molecule has 0 spiro atoms. The van der Waals surface area contributed by atoms with Crippen molar-refractivity contribution in [3.05, 3.63) is 42.4 Å². The standard InChI is InChI=1S/C19H23N3O3/c1-21-13-16(14-6-3-2-4-7-14)20-17(21)18(23)22-9-5-8-15(12-22)19-24-10-11-25-19/h2-4,6-7,13,15,19H,5,8-12H2,1H3. The van der Waals surface area contributed by atoms with Gasteiger partial charge in [-0.25, -0.2) is 4.98 Å². The highest BCUT2D eigenvalue weighted by molar-refractivity contribution is 5.91. The molecule has 3 heterocycles. The number of carbonyl (C=O) groups is 1. The van der Waals surface area contributed by atoms with E-state index in [1.54, 1.807) is 0 Å². The van der Waals surface area contributed by atoms with E-state index in [4.69, 9.17) is 9.47 Å². The normalized spacial score (nSPS) is 21.6. The minimum Gasteiger partial charge on any atom is -0.350 e. The lowest BCUT2D eigenvalue weighted by atomic mass is 9.97. The largest absolute Gasteiger partial charge is 0.350 e. The summed E-state index contributed by atoms with van der Waals surface area (Å²) in [5.74, 6) is 0.703. The summed E-state index contributed by atoms with van der Waals surface area (Å²) in [4.78, 5) is 19.5. The van der Waals surface area contributed by atoms with E-state index in [1.807, 2.05) is 53.0 Å². The van der Waals surface area contributed by atoms with Crippen LogP contribution in [0.25, 0.3) is 11.3 Å². The lowest BCUT2D eigenvalue weighted by molar-refractivity contribution is -0.0969. The Balaban J connectivity index is 1.51. The van der Waals surface area contributed by atoms with Gasteiger partial charge >= 0.3 is 0 Å². The SMILES string of the molecule is Cn1cc(-c2ccccc2)nc1C(=O)N1CCCC(C2OCCO2)C1. The summed E-state index contributed by atoms with van der Waals surface area (Å²) in [7, 11) is 1.87. The van der Waals surface area contributed by atoms with Gasteiger partial charge in [0.15, 0.2) is 12.1 Å². The number of piperidine rings is 1.